The molecule has 0 saturated carbocycles. The van der Waals surface area contributed by atoms with Crippen LogP contribution in [0.2, 0.25) is 0 Å². The van der Waals surface area contributed by atoms with Gasteiger partial charge >= 0.3 is 0 Å². The van der Waals surface area contributed by atoms with Crippen LogP contribution < -0.4 is 0 Å². The van der Waals surface area contributed by atoms with Crippen LogP contribution in [-0.4, -0.2) is 19.0 Å². The van der Waals surface area contributed by atoms with Crippen LogP contribution in [0.4, 0.5) is 0 Å². The van der Waals surface area contributed by atoms with Crippen molar-refractivity contribution in [3.8, 4) is 0 Å². The van der Waals surface area contributed by atoms with Crippen molar-refractivity contribution in [2.75, 3.05) is 14.1 Å². The summed E-state index contributed by atoms with van der Waals surface area (Å²) >= 11 is 0. The Morgan fingerprint density at radius 2 is 1.76 bits per heavy atom. The highest BCUT2D eigenvalue weighted by Gasteiger charge is 2.02. The zero-order valence-electron chi connectivity index (χ0n) is 10.3. The molecule has 0 aromatic rings. The van der Waals surface area contributed by atoms with Gasteiger partial charge < -0.3 is 4.90 Å². The van der Waals surface area contributed by atoms with E-state index in [0.717, 1.165) is 0 Å². The molecule has 0 fully saturated rings. The van der Waals surface area contributed by atoms with Crippen molar-refractivity contribution in [1.82, 2.24) is 4.90 Å². The maximum atomic E-state index is 2.14. The monoisotopic (exact) mass is 223 g/mol. The van der Waals surface area contributed by atoms with Gasteiger partial charge in [0, 0.05) is 20.3 Å². The Morgan fingerprint density at radius 3 is 2.47 bits per heavy atom. The van der Waals surface area contributed by atoms with Crippen molar-refractivity contribution in [2.24, 2.45) is 0 Å². The Balaban J connectivity index is 2.05. The molecule has 0 amide bonds. The molecule has 0 radical (unpaired) electrons. The normalized spacial score (nSPS) is 19.8. The average molecular weight is 223 g/mol. The second kappa shape index (κ2) is 5.35. The SMILES string of the molecule is CN(C)/C=C1\C=CC=C1/C=C/C=C1C=CC=C1. The predicted molar refractivity (Wildman–Crippen MR) is 74.5 cm³/mol. The third-order valence-corrected chi connectivity index (χ3v) is 2.54. The van der Waals surface area contributed by atoms with Gasteiger partial charge in [0.25, 0.3) is 0 Å². The van der Waals surface area contributed by atoms with Gasteiger partial charge in [-0.05, 0) is 16.7 Å². The summed E-state index contributed by atoms with van der Waals surface area (Å²) in [4.78, 5) is 2.06. The lowest BCUT2D eigenvalue weighted by Gasteiger charge is -2.07. The van der Waals surface area contributed by atoms with E-state index < -0.39 is 0 Å². The molecule has 1 heteroatoms. The first-order valence-electron chi connectivity index (χ1n) is 5.76. The van der Waals surface area contributed by atoms with Gasteiger partial charge in [0.1, 0.15) is 0 Å². The van der Waals surface area contributed by atoms with E-state index in [1.807, 2.05) is 26.2 Å². The van der Waals surface area contributed by atoms with Crippen molar-refractivity contribution in [3.05, 3.63) is 83.7 Å². The van der Waals surface area contributed by atoms with Crippen molar-refractivity contribution >= 4 is 0 Å². The van der Waals surface area contributed by atoms with E-state index >= 15 is 0 Å². The molecule has 0 atom stereocenters. The summed E-state index contributed by atoms with van der Waals surface area (Å²) in [6.45, 7) is 0. The standard InChI is InChI=1S/C16H17N/c1-17(2)13-16-12-6-11-15(16)10-5-9-14-7-3-4-8-14/h3-13H,1-2H3/b10-5+,16-13+. The van der Waals surface area contributed by atoms with Crippen LogP contribution in [0.25, 0.3) is 0 Å². The molecule has 1 nitrogen and oxygen atoms in total. The average Bonchev–Trinajstić information content (AvgIpc) is 2.90. The molecule has 2 aliphatic rings. The minimum atomic E-state index is 1.24. The summed E-state index contributed by atoms with van der Waals surface area (Å²) in [5.74, 6) is 0. The van der Waals surface area contributed by atoms with Crippen molar-refractivity contribution in [3.63, 3.8) is 0 Å². The minimum Gasteiger partial charge on any atom is -0.383 e. The maximum Gasteiger partial charge on any atom is 0.00647 e. The molecular weight excluding hydrogens is 206 g/mol. The fourth-order valence-corrected chi connectivity index (χ4v) is 1.76. The van der Waals surface area contributed by atoms with E-state index in [4.69, 9.17) is 0 Å². The molecule has 2 aliphatic carbocycles. The smallest absolute Gasteiger partial charge is 0.00647 e. The quantitative estimate of drug-likeness (QED) is 0.707. The maximum absolute atomic E-state index is 2.14. The molecule has 2 rings (SSSR count). The third-order valence-electron chi connectivity index (χ3n) is 2.54. The Morgan fingerprint density at radius 1 is 1.00 bits per heavy atom. The number of rotatable bonds is 3. The molecule has 86 valence electrons. The van der Waals surface area contributed by atoms with Crippen LogP contribution in [0.15, 0.2) is 83.7 Å². The summed E-state index contributed by atoms with van der Waals surface area (Å²) in [6.07, 6.45) is 23.1. The Kier molecular flexibility index (Phi) is 3.61. The van der Waals surface area contributed by atoms with Crippen LogP contribution in [0, 0.1) is 0 Å². The molecule has 0 saturated heterocycles. The van der Waals surface area contributed by atoms with Crippen molar-refractivity contribution in [2.45, 2.75) is 0 Å². The fraction of sp³-hybridized carbons (Fsp3) is 0.125. The highest BCUT2D eigenvalue weighted by Crippen LogP contribution is 2.20. The molecule has 0 aromatic carbocycles. The van der Waals surface area contributed by atoms with Crippen LogP contribution in [0.3, 0.4) is 0 Å². The number of nitrogens with zero attached hydrogens (tertiary/aromatic N) is 1. The third kappa shape index (κ3) is 3.22. The topological polar surface area (TPSA) is 3.24 Å². The zero-order chi connectivity index (χ0) is 12.1. The van der Waals surface area contributed by atoms with E-state index in [1.165, 1.54) is 16.7 Å². The van der Waals surface area contributed by atoms with E-state index in [1.54, 1.807) is 0 Å². The lowest BCUT2D eigenvalue weighted by molar-refractivity contribution is 0.561. The number of hydrogen-bond acceptors (Lipinski definition) is 1. The number of hydrogen-bond donors (Lipinski definition) is 0. The summed E-state index contributed by atoms with van der Waals surface area (Å²) in [7, 11) is 4.08. The summed E-state index contributed by atoms with van der Waals surface area (Å²) < 4.78 is 0. The first-order valence-corrected chi connectivity index (χ1v) is 5.76. The van der Waals surface area contributed by atoms with Crippen LogP contribution in [0.1, 0.15) is 0 Å². The summed E-state index contributed by atoms with van der Waals surface area (Å²) in [5.41, 5.74) is 3.75. The van der Waals surface area contributed by atoms with Gasteiger partial charge in [-0.2, -0.15) is 0 Å². The van der Waals surface area contributed by atoms with Gasteiger partial charge in [-0.25, -0.2) is 0 Å². The molecule has 0 bridgehead atoms. The lowest BCUT2D eigenvalue weighted by atomic mass is 10.1. The second-order valence-corrected chi connectivity index (χ2v) is 4.27. The minimum absolute atomic E-state index is 1.24. The molecular formula is C16H17N. The van der Waals surface area contributed by atoms with Crippen molar-refractivity contribution < 1.29 is 0 Å². The van der Waals surface area contributed by atoms with Gasteiger partial charge in [-0.15, -0.1) is 0 Å². The molecule has 0 N–H and O–H groups in total. The van der Waals surface area contributed by atoms with Crippen LogP contribution in [0.5, 0.6) is 0 Å². The summed E-state index contributed by atoms with van der Waals surface area (Å²) in [6, 6.07) is 0. The molecule has 0 heterocycles. The van der Waals surface area contributed by atoms with Gasteiger partial charge in [-0.3, -0.25) is 0 Å². The van der Waals surface area contributed by atoms with E-state index in [-0.39, 0.29) is 0 Å². The first kappa shape index (κ1) is 11.5. The second-order valence-electron chi connectivity index (χ2n) is 4.27. The lowest BCUT2D eigenvalue weighted by Crippen LogP contribution is -2.02. The molecule has 0 aromatic heterocycles. The predicted octanol–water partition coefficient (Wildman–Crippen LogP) is 3.54. The molecule has 0 spiro atoms. The van der Waals surface area contributed by atoms with E-state index in [9.17, 15) is 0 Å². The Bertz CT molecular complexity index is 478. The van der Waals surface area contributed by atoms with Crippen LogP contribution >= 0.6 is 0 Å². The van der Waals surface area contributed by atoms with E-state index in [2.05, 4.69) is 59.7 Å². The van der Waals surface area contributed by atoms with Gasteiger partial charge in [0.15, 0.2) is 0 Å². The van der Waals surface area contributed by atoms with Gasteiger partial charge in [0.2, 0.25) is 0 Å². The zero-order valence-corrected chi connectivity index (χ0v) is 10.3. The largest absolute Gasteiger partial charge is 0.383 e. The Labute approximate surface area is 103 Å². The highest BCUT2D eigenvalue weighted by molar-refractivity contribution is 5.54. The first-order chi connectivity index (χ1) is 8.25. The van der Waals surface area contributed by atoms with E-state index in [0.29, 0.717) is 0 Å². The van der Waals surface area contributed by atoms with Gasteiger partial charge in [-0.1, -0.05) is 60.8 Å². The Hall–Kier alpha value is -2.02. The molecule has 0 unspecified atom stereocenters. The number of allylic oxidation sites excluding steroid dienone is 13. The highest BCUT2D eigenvalue weighted by atomic mass is 15.0. The van der Waals surface area contributed by atoms with Crippen molar-refractivity contribution in [1.29, 1.82) is 0 Å². The molecule has 17 heavy (non-hydrogen) atoms. The summed E-state index contributed by atoms with van der Waals surface area (Å²) in [5, 5.41) is 0. The molecule has 0 aliphatic heterocycles. The fourth-order valence-electron chi connectivity index (χ4n) is 1.76. The van der Waals surface area contributed by atoms with Crippen LogP contribution in [-0.2, 0) is 0 Å². The van der Waals surface area contributed by atoms with Gasteiger partial charge in [0.05, 0.1) is 0 Å².